The van der Waals surface area contributed by atoms with Gasteiger partial charge in [-0.05, 0) is 36.2 Å². The molecule has 0 aliphatic carbocycles. The first-order valence-corrected chi connectivity index (χ1v) is 6.34. The molecule has 0 aliphatic heterocycles. The molecule has 2 N–H and O–H groups in total. The Labute approximate surface area is 122 Å². The number of nitrogens with two attached hydrogens (primary N) is 1. The normalized spacial score (nSPS) is 10.0. The third kappa shape index (κ3) is 3.67. The van der Waals surface area contributed by atoms with Crippen molar-refractivity contribution < 1.29 is 19.2 Å². The van der Waals surface area contributed by atoms with Crippen molar-refractivity contribution in [2.45, 2.75) is 13.5 Å². The second-order valence-corrected chi connectivity index (χ2v) is 4.50. The van der Waals surface area contributed by atoms with E-state index in [1.165, 1.54) is 18.2 Å². The summed E-state index contributed by atoms with van der Waals surface area (Å²) in [5.74, 6) is 3.73. The van der Waals surface area contributed by atoms with Crippen molar-refractivity contribution in [1.29, 1.82) is 0 Å². The van der Waals surface area contributed by atoms with E-state index in [2.05, 4.69) is 4.84 Å². The Bertz CT molecular complexity index is 653. The number of ether oxygens (including phenoxy) is 1. The van der Waals surface area contributed by atoms with Crippen molar-refractivity contribution in [2.24, 2.45) is 5.90 Å². The number of hydrogen-bond donors (Lipinski definition) is 1. The summed E-state index contributed by atoms with van der Waals surface area (Å²) in [7, 11) is 0. The van der Waals surface area contributed by atoms with Crippen molar-refractivity contribution in [3.05, 3.63) is 70.8 Å². The van der Waals surface area contributed by atoms with E-state index in [9.17, 15) is 9.59 Å². The van der Waals surface area contributed by atoms with E-state index >= 15 is 0 Å². The molecule has 0 heterocycles. The lowest BCUT2D eigenvalue weighted by Crippen LogP contribution is -2.12. The number of hydrogen-bond acceptors (Lipinski definition) is 5. The predicted molar refractivity (Wildman–Crippen MR) is 76.3 cm³/mol. The Morgan fingerprint density at radius 2 is 1.76 bits per heavy atom. The Balaban J connectivity index is 2.07. The molecule has 2 aromatic rings. The van der Waals surface area contributed by atoms with E-state index in [4.69, 9.17) is 10.6 Å². The molecule has 5 nitrogen and oxygen atoms in total. The van der Waals surface area contributed by atoms with Crippen LogP contribution in [-0.2, 0) is 16.2 Å². The maximum absolute atomic E-state index is 12.0. The summed E-state index contributed by atoms with van der Waals surface area (Å²) in [5, 5.41) is 0. The van der Waals surface area contributed by atoms with Crippen LogP contribution < -0.4 is 5.90 Å². The number of carbonyl (C=O) groups excluding carboxylic acids is 2. The Hall–Kier alpha value is -2.66. The zero-order valence-corrected chi connectivity index (χ0v) is 11.5. The Morgan fingerprint density at radius 3 is 2.38 bits per heavy atom. The van der Waals surface area contributed by atoms with Crippen LogP contribution in [0, 0.1) is 6.92 Å². The van der Waals surface area contributed by atoms with Gasteiger partial charge < -0.3 is 9.57 Å². The lowest BCUT2D eigenvalue weighted by molar-refractivity contribution is 0.0466. The number of rotatable bonds is 4. The second kappa shape index (κ2) is 6.67. The first kappa shape index (κ1) is 14.7. The highest BCUT2D eigenvalue weighted by Crippen LogP contribution is 2.14. The average Bonchev–Trinajstić information content (AvgIpc) is 2.52. The van der Waals surface area contributed by atoms with Gasteiger partial charge in [-0.1, -0.05) is 30.3 Å². The summed E-state index contributed by atoms with van der Waals surface area (Å²) in [4.78, 5) is 27.5. The van der Waals surface area contributed by atoms with Crippen LogP contribution in [0.25, 0.3) is 0 Å². The standard InChI is InChI=1S/C16H15NO4/c1-11-9-13(15(18)21-17)7-8-14(11)16(19)20-10-12-5-3-2-4-6-12/h2-9H,10,17H2,1H3. The molecule has 0 unspecified atom stereocenters. The fraction of sp³-hybridized carbons (Fsp3) is 0.125. The zero-order chi connectivity index (χ0) is 15.2. The van der Waals surface area contributed by atoms with Crippen molar-refractivity contribution in [3.8, 4) is 0 Å². The highest BCUT2D eigenvalue weighted by atomic mass is 16.7. The highest BCUT2D eigenvalue weighted by molar-refractivity contribution is 5.94. The highest BCUT2D eigenvalue weighted by Gasteiger charge is 2.14. The van der Waals surface area contributed by atoms with E-state index in [1.807, 2.05) is 30.3 Å². The summed E-state index contributed by atoms with van der Waals surface area (Å²) in [6.07, 6.45) is 0. The predicted octanol–water partition coefficient (Wildman–Crippen LogP) is 2.38. The maximum Gasteiger partial charge on any atom is 0.356 e. The molecule has 2 rings (SSSR count). The first-order chi connectivity index (χ1) is 10.1. The lowest BCUT2D eigenvalue weighted by Gasteiger charge is -2.08. The number of aryl methyl sites for hydroxylation is 1. The van der Waals surface area contributed by atoms with Gasteiger partial charge in [0.05, 0.1) is 11.1 Å². The van der Waals surface area contributed by atoms with E-state index in [-0.39, 0.29) is 12.2 Å². The van der Waals surface area contributed by atoms with Crippen LogP contribution in [0.2, 0.25) is 0 Å². The molecular weight excluding hydrogens is 270 g/mol. The van der Waals surface area contributed by atoms with Crippen molar-refractivity contribution in [3.63, 3.8) is 0 Å². The fourth-order valence-electron chi connectivity index (χ4n) is 1.89. The van der Waals surface area contributed by atoms with Crippen LogP contribution in [-0.4, -0.2) is 11.9 Å². The largest absolute Gasteiger partial charge is 0.457 e. The van der Waals surface area contributed by atoms with Gasteiger partial charge in [0.25, 0.3) is 0 Å². The third-order valence-electron chi connectivity index (χ3n) is 3.00. The molecule has 0 amide bonds. The summed E-state index contributed by atoms with van der Waals surface area (Å²) in [6.45, 7) is 1.91. The van der Waals surface area contributed by atoms with E-state index < -0.39 is 11.9 Å². The number of benzene rings is 2. The minimum Gasteiger partial charge on any atom is -0.457 e. The van der Waals surface area contributed by atoms with Gasteiger partial charge in [-0.25, -0.2) is 9.59 Å². The summed E-state index contributed by atoms with van der Waals surface area (Å²) >= 11 is 0. The Morgan fingerprint density at radius 1 is 1.05 bits per heavy atom. The third-order valence-corrected chi connectivity index (χ3v) is 3.00. The topological polar surface area (TPSA) is 78.6 Å². The van der Waals surface area contributed by atoms with Crippen LogP contribution in [0.15, 0.2) is 48.5 Å². The van der Waals surface area contributed by atoms with E-state index in [0.717, 1.165) is 5.56 Å². The molecule has 21 heavy (non-hydrogen) atoms. The van der Waals surface area contributed by atoms with E-state index in [1.54, 1.807) is 6.92 Å². The van der Waals surface area contributed by atoms with Crippen molar-refractivity contribution in [2.75, 3.05) is 0 Å². The fourth-order valence-corrected chi connectivity index (χ4v) is 1.89. The summed E-state index contributed by atoms with van der Waals surface area (Å²) in [6, 6.07) is 13.9. The number of esters is 1. The monoisotopic (exact) mass is 285 g/mol. The van der Waals surface area contributed by atoms with Gasteiger partial charge in [0.2, 0.25) is 0 Å². The van der Waals surface area contributed by atoms with Crippen LogP contribution in [0.1, 0.15) is 31.8 Å². The molecule has 0 radical (unpaired) electrons. The molecule has 0 fully saturated rings. The van der Waals surface area contributed by atoms with Gasteiger partial charge in [0.1, 0.15) is 6.61 Å². The first-order valence-electron chi connectivity index (χ1n) is 6.34. The summed E-state index contributed by atoms with van der Waals surface area (Å²) in [5.41, 5.74) is 2.22. The molecule has 0 saturated carbocycles. The quantitative estimate of drug-likeness (QED) is 0.689. The van der Waals surface area contributed by atoms with E-state index in [0.29, 0.717) is 11.1 Å². The van der Waals surface area contributed by atoms with Gasteiger partial charge in [-0.3, -0.25) is 0 Å². The molecule has 0 atom stereocenters. The van der Waals surface area contributed by atoms with Crippen molar-refractivity contribution in [1.82, 2.24) is 0 Å². The van der Waals surface area contributed by atoms with Crippen molar-refractivity contribution >= 4 is 11.9 Å². The van der Waals surface area contributed by atoms with Crippen LogP contribution in [0.5, 0.6) is 0 Å². The maximum atomic E-state index is 12.0. The lowest BCUT2D eigenvalue weighted by atomic mass is 10.1. The number of carbonyl (C=O) groups is 2. The van der Waals surface area contributed by atoms with Crippen LogP contribution in [0.3, 0.4) is 0 Å². The molecular formula is C16H15NO4. The van der Waals surface area contributed by atoms with Gasteiger partial charge in [0.15, 0.2) is 0 Å². The molecule has 0 aromatic heterocycles. The van der Waals surface area contributed by atoms with Crippen LogP contribution in [0.4, 0.5) is 0 Å². The minimum absolute atomic E-state index is 0.200. The average molecular weight is 285 g/mol. The van der Waals surface area contributed by atoms with Gasteiger partial charge in [0, 0.05) is 0 Å². The van der Waals surface area contributed by atoms with Gasteiger partial charge in [-0.15, -0.1) is 0 Å². The smallest absolute Gasteiger partial charge is 0.356 e. The summed E-state index contributed by atoms with van der Waals surface area (Å²) < 4.78 is 5.24. The molecule has 0 saturated heterocycles. The molecule has 0 spiro atoms. The molecule has 5 heteroatoms. The minimum atomic E-state index is -0.651. The SMILES string of the molecule is Cc1cc(C(=O)ON)ccc1C(=O)OCc1ccccc1. The molecule has 2 aromatic carbocycles. The molecule has 0 aliphatic rings. The second-order valence-electron chi connectivity index (χ2n) is 4.50. The molecule has 0 bridgehead atoms. The zero-order valence-electron chi connectivity index (χ0n) is 11.5. The van der Waals surface area contributed by atoms with Gasteiger partial charge >= 0.3 is 11.9 Å². The van der Waals surface area contributed by atoms with Gasteiger partial charge in [-0.2, -0.15) is 5.90 Å². The van der Waals surface area contributed by atoms with Crippen LogP contribution >= 0.6 is 0 Å². The molecule has 108 valence electrons. The Kier molecular flexibility index (Phi) is 4.68.